The van der Waals surface area contributed by atoms with Gasteiger partial charge in [-0.1, -0.05) is 26.0 Å². The van der Waals surface area contributed by atoms with Crippen LogP contribution in [0.3, 0.4) is 0 Å². The standard InChI is InChI=1S/C18H25N5O3/c1-4-16(25)15-8-12(24)9-22(15)18(26)17(11(2)3)23-10-14(20-21-23)13-6-5-7-19-13/h5-7,10-12,15,17,19,24H,4,8-9H2,1-3H3. The number of hydrogen-bond acceptors (Lipinski definition) is 5. The van der Waals surface area contributed by atoms with Crippen molar-refractivity contribution in [3.8, 4) is 11.4 Å². The number of hydrogen-bond donors (Lipinski definition) is 2. The minimum absolute atomic E-state index is 0.0249. The number of H-pyrrole nitrogens is 1. The summed E-state index contributed by atoms with van der Waals surface area (Å²) in [4.78, 5) is 30.0. The fourth-order valence-electron chi connectivity index (χ4n) is 3.50. The van der Waals surface area contributed by atoms with Crippen LogP contribution in [0, 0.1) is 5.92 Å². The molecule has 3 atom stereocenters. The molecular formula is C18H25N5O3. The maximum atomic E-state index is 13.2. The highest BCUT2D eigenvalue weighted by atomic mass is 16.3. The molecule has 2 aromatic heterocycles. The first-order valence-corrected chi connectivity index (χ1v) is 8.99. The van der Waals surface area contributed by atoms with Gasteiger partial charge in [-0.25, -0.2) is 4.68 Å². The van der Waals surface area contributed by atoms with E-state index in [4.69, 9.17) is 0 Å². The monoisotopic (exact) mass is 359 g/mol. The SMILES string of the molecule is CCC(=O)C1CC(O)CN1C(=O)C(C(C)C)n1cc(-c2ccc[nH]2)nn1. The second kappa shape index (κ2) is 7.41. The molecule has 1 amide bonds. The van der Waals surface area contributed by atoms with Crippen LogP contribution in [0.2, 0.25) is 0 Å². The van der Waals surface area contributed by atoms with Crippen LogP contribution >= 0.6 is 0 Å². The summed E-state index contributed by atoms with van der Waals surface area (Å²) in [6, 6.07) is 2.61. The number of likely N-dealkylation sites (tertiary alicyclic amines) is 1. The Morgan fingerprint density at radius 2 is 2.19 bits per heavy atom. The van der Waals surface area contributed by atoms with Crippen LogP contribution in [0.4, 0.5) is 0 Å². The summed E-state index contributed by atoms with van der Waals surface area (Å²) in [7, 11) is 0. The molecule has 26 heavy (non-hydrogen) atoms. The van der Waals surface area contributed by atoms with Crippen molar-refractivity contribution in [3.05, 3.63) is 24.5 Å². The van der Waals surface area contributed by atoms with Crippen molar-refractivity contribution in [2.45, 2.75) is 51.8 Å². The highest BCUT2D eigenvalue weighted by Gasteiger charge is 2.41. The number of carbonyl (C=O) groups is 2. The van der Waals surface area contributed by atoms with Gasteiger partial charge in [-0.05, 0) is 18.1 Å². The maximum Gasteiger partial charge on any atom is 0.248 e. The van der Waals surface area contributed by atoms with E-state index in [0.717, 1.165) is 5.69 Å². The van der Waals surface area contributed by atoms with Crippen molar-refractivity contribution in [2.24, 2.45) is 5.92 Å². The molecule has 0 bridgehead atoms. The smallest absolute Gasteiger partial charge is 0.248 e. The molecule has 0 saturated carbocycles. The summed E-state index contributed by atoms with van der Waals surface area (Å²) >= 11 is 0. The first-order valence-electron chi connectivity index (χ1n) is 8.99. The molecule has 1 saturated heterocycles. The van der Waals surface area contributed by atoms with E-state index in [1.54, 1.807) is 24.0 Å². The van der Waals surface area contributed by atoms with Crippen LogP contribution < -0.4 is 0 Å². The van der Waals surface area contributed by atoms with E-state index in [9.17, 15) is 14.7 Å². The Hall–Kier alpha value is -2.48. The number of Topliss-reactive ketones (excluding diaryl/α,β-unsaturated/α-hetero) is 1. The molecule has 3 heterocycles. The summed E-state index contributed by atoms with van der Waals surface area (Å²) < 4.78 is 1.56. The van der Waals surface area contributed by atoms with Gasteiger partial charge in [0, 0.05) is 25.6 Å². The first kappa shape index (κ1) is 18.3. The minimum atomic E-state index is -0.669. The molecule has 2 N–H and O–H groups in total. The van der Waals surface area contributed by atoms with Crippen LogP contribution in [0.1, 0.15) is 39.7 Å². The molecule has 0 aliphatic carbocycles. The summed E-state index contributed by atoms with van der Waals surface area (Å²) in [5.74, 6) is -0.273. The lowest BCUT2D eigenvalue weighted by Crippen LogP contribution is -2.45. The third-order valence-corrected chi connectivity index (χ3v) is 4.84. The minimum Gasteiger partial charge on any atom is -0.391 e. The number of β-amino-alcohol motifs (C(OH)–C–C–N with tert-alkyl or cyclic N) is 1. The van der Waals surface area contributed by atoms with Gasteiger partial charge in [0.2, 0.25) is 5.91 Å². The number of carbonyl (C=O) groups excluding carboxylic acids is 2. The number of aromatic amines is 1. The van der Waals surface area contributed by atoms with Gasteiger partial charge in [0.15, 0.2) is 5.78 Å². The second-order valence-electron chi connectivity index (χ2n) is 7.07. The lowest BCUT2D eigenvalue weighted by atomic mass is 10.0. The zero-order valence-electron chi connectivity index (χ0n) is 15.3. The summed E-state index contributed by atoms with van der Waals surface area (Å²) in [5, 5.41) is 18.3. The molecule has 8 heteroatoms. The van der Waals surface area contributed by atoms with Gasteiger partial charge in [0.25, 0.3) is 0 Å². The van der Waals surface area contributed by atoms with Crippen LogP contribution in [0.15, 0.2) is 24.5 Å². The van der Waals surface area contributed by atoms with E-state index < -0.39 is 18.2 Å². The van der Waals surface area contributed by atoms with E-state index >= 15 is 0 Å². The van der Waals surface area contributed by atoms with Gasteiger partial charge in [-0.2, -0.15) is 0 Å². The summed E-state index contributed by atoms with van der Waals surface area (Å²) in [5.41, 5.74) is 1.47. The predicted octanol–water partition coefficient (Wildman–Crippen LogP) is 1.41. The molecule has 2 aromatic rings. The van der Waals surface area contributed by atoms with E-state index in [1.165, 1.54) is 4.90 Å². The number of aromatic nitrogens is 4. The zero-order valence-corrected chi connectivity index (χ0v) is 15.3. The number of amides is 1. The number of aliphatic hydroxyl groups excluding tert-OH is 1. The lowest BCUT2D eigenvalue weighted by Gasteiger charge is -2.29. The number of rotatable bonds is 6. The van der Waals surface area contributed by atoms with Crippen molar-refractivity contribution in [3.63, 3.8) is 0 Å². The number of nitrogens with zero attached hydrogens (tertiary/aromatic N) is 4. The van der Waals surface area contributed by atoms with Gasteiger partial charge in [0.05, 0.1) is 24.0 Å². The molecule has 0 spiro atoms. The zero-order chi connectivity index (χ0) is 18.8. The molecule has 1 aliphatic heterocycles. The van der Waals surface area contributed by atoms with Crippen LogP contribution in [-0.4, -0.2) is 60.4 Å². The van der Waals surface area contributed by atoms with E-state index in [0.29, 0.717) is 18.5 Å². The third kappa shape index (κ3) is 3.41. The topological polar surface area (TPSA) is 104 Å². The average molecular weight is 359 g/mol. The lowest BCUT2D eigenvalue weighted by molar-refractivity contribution is -0.141. The van der Waals surface area contributed by atoms with Gasteiger partial charge in [0.1, 0.15) is 11.7 Å². The molecule has 140 valence electrons. The molecule has 3 rings (SSSR count). The Kier molecular flexibility index (Phi) is 5.22. The van der Waals surface area contributed by atoms with Gasteiger partial charge < -0.3 is 15.0 Å². The molecule has 3 unspecified atom stereocenters. The van der Waals surface area contributed by atoms with Crippen molar-refractivity contribution in [2.75, 3.05) is 6.54 Å². The third-order valence-electron chi connectivity index (χ3n) is 4.84. The van der Waals surface area contributed by atoms with Crippen molar-refractivity contribution in [1.29, 1.82) is 0 Å². The normalized spacial score (nSPS) is 21.3. The number of nitrogens with one attached hydrogen (secondary N) is 1. The van der Waals surface area contributed by atoms with E-state index in [-0.39, 0.29) is 24.2 Å². The Labute approximate surface area is 152 Å². The highest BCUT2D eigenvalue weighted by molar-refractivity contribution is 5.91. The van der Waals surface area contributed by atoms with Crippen molar-refractivity contribution < 1.29 is 14.7 Å². The Morgan fingerprint density at radius 1 is 1.42 bits per heavy atom. The predicted molar refractivity (Wildman–Crippen MR) is 95.1 cm³/mol. The van der Waals surface area contributed by atoms with Crippen molar-refractivity contribution in [1.82, 2.24) is 24.9 Å². The van der Waals surface area contributed by atoms with Crippen LogP contribution in [-0.2, 0) is 9.59 Å². The summed E-state index contributed by atoms with van der Waals surface area (Å²) in [6.45, 7) is 5.82. The van der Waals surface area contributed by atoms with Crippen LogP contribution in [0.5, 0.6) is 0 Å². The molecule has 0 radical (unpaired) electrons. The van der Waals surface area contributed by atoms with E-state index in [1.807, 2.05) is 26.0 Å². The highest BCUT2D eigenvalue weighted by Crippen LogP contribution is 2.28. The van der Waals surface area contributed by atoms with Crippen molar-refractivity contribution >= 4 is 11.7 Å². The fraction of sp³-hybridized carbons (Fsp3) is 0.556. The van der Waals surface area contributed by atoms with Gasteiger partial charge in [-0.15, -0.1) is 5.10 Å². The second-order valence-corrected chi connectivity index (χ2v) is 7.07. The Bertz CT molecular complexity index is 768. The summed E-state index contributed by atoms with van der Waals surface area (Å²) in [6.07, 6.45) is 3.50. The molecular weight excluding hydrogens is 334 g/mol. The largest absolute Gasteiger partial charge is 0.391 e. The Morgan fingerprint density at radius 3 is 2.81 bits per heavy atom. The van der Waals surface area contributed by atoms with Gasteiger partial charge in [-0.3, -0.25) is 9.59 Å². The first-order chi connectivity index (χ1) is 12.4. The molecule has 8 nitrogen and oxygen atoms in total. The Balaban J connectivity index is 1.88. The average Bonchev–Trinajstić information content (AvgIpc) is 3.33. The van der Waals surface area contributed by atoms with E-state index in [2.05, 4.69) is 15.3 Å². The molecule has 1 fully saturated rings. The maximum absolute atomic E-state index is 13.2. The molecule has 0 aromatic carbocycles. The van der Waals surface area contributed by atoms with Gasteiger partial charge >= 0.3 is 0 Å². The number of ketones is 1. The quantitative estimate of drug-likeness (QED) is 0.811. The number of aliphatic hydroxyl groups is 1. The molecule has 1 aliphatic rings. The fourth-order valence-corrected chi connectivity index (χ4v) is 3.50. The van der Waals surface area contributed by atoms with Crippen LogP contribution in [0.25, 0.3) is 11.4 Å².